The summed E-state index contributed by atoms with van der Waals surface area (Å²) in [5, 5.41) is 15.0. The second-order valence-electron chi connectivity index (χ2n) is 6.57. The van der Waals surface area contributed by atoms with Crippen LogP contribution in [0.2, 0.25) is 0 Å². The fourth-order valence-corrected chi connectivity index (χ4v) is 3.10. The second-order valence-corrected chi connectivity index (χ2v) is 6.57. The van der Waals surface area contributed by atoms with Gasteiger partial charge in [-0.25, -0.2) is 0 Å². The zero-order valence-corrected chi connectivity index (χ0v) is 11.4. The molecule has 17 heavy (non-hydrogen) atoms. The Balaban J connectivity index is 2.09. The van der Waals surface area contributed by atoms with Crippen molar-refractivity contribution in [2.24, 2.45) is 18.4 Å². The van der Waals surface area contributed by atoms with Crippen molar-refractivity contribution in [1.29, 1.82) is 0 Å². The summed E-state index contributed by atoms with van der Waals surface area (Å²) in [4.78, 5) is 0. The minimum Gasteiger partial charge on any atom is -0.389 e. The normalized spacial score (nSPS) is 32.6. The molecule has 0 aliphatic heterocycles. The van der Waals surface area contributed by atoms with E-state index in [4.69, 9.17) is 0 Å². The summed E-state index contributed by atoms with van der Waals surface area (Å²) in [5.41, 5.74) is 0.973. The summed E-state index contributed by atoms with van der Waals surface area (Å²) in [6, 6.07) is 0. The molecule has 3 nitrogen and oxygen atoms in total. The van der Waals surface area contributed by atoms with Gasteiger partial charge in [-0.1, -0.05) is 20.8 Å². The van der Waals surface area contributed by atoms with Crippen LogP contribution >= 0.6 is 0 Å². The molecule has 0 radical (unpaired) electrons. The van der Waals surface area contributed by atoms with E-state index in [1.165, 1.54) is 0 Å². The predicted molar refractivity (Wildman–Crippen MR) is 68.7 cm³/mol. The fraction of sp³-hybridized carbons (Fsp3) is 0.786. The average Bonchev–Trinajstić information content (AvgIpc) is 2.59. The van der Waals surface area contributed by atoms with E-state index in [0.29, 0.717) is 11.3 Å². The average molecular weight is 236 g/mol. The molecule has 1 heterocycles. The van der Waals surface area contributed by atoms with E-state index in [1.54, 1.807) is 4.68 Å². The largest absolute Gasteiger partial charge is 0.389 e. The van der Waals surface area contributed by atoms with Crippen molar-refractivity contribution in [1.82, 2.24) is 9.78 Å². The molecular formula is C14H24N2O. The van der Waals surface area contributed by atoms with E-state index in [1.807, 2.05) is 19.4 Å². The van der Waals surface area contributed by atoms with Crippen LogP contribution in [0.25, 0.3) is 0 Å². The van der Waals surface area contributed by atoms with Crippen LogP contribution in [-0.4, -0.2) is 20.5 Å². The van der Waals surface area contributed by atoms with Gasteiger partial charge in [0, 0.05) is 19.7 Å². The van der Waals surface area contributed by atoms with E-state index >= 15 is 0 Å². The smallest absolute Gasteiger partial charge is 0.0714 e. The molecule has 1 saturated carbocycles. The summed E-state index contributed by atoms with van der Waals surface area (Å²) in [5.74, 6) is 0.353. The summed E-state index contributed by atoms with van der Waals surface area (Å²) in [6.07, 6.45) is 7.71. The van der Waals surface area contributed by atoms with Crippen molar-refractivity contribution in [2.75, 3.05) is 0 Å². The van der Waals surface area contributed by atoms with E-state index in [2.05, 4.69) is 25.9 Å². The lowest BCUT2D eigenvalue weighted by molar-refractivity contribution is -0.0704. The van der Waals surface area contributed by atoms with Gasteiger partial charge in [0.05, 0.1) is 11.8 Å². The van der Waals surface area contributed by atoms with Gasteiger partial charge in [0.15, 0.2) is 0 Å². The molecule has 1 N–H and O–H groups in total. The molecule has 1 aliphatic rings. The van der Waals surface area contributed by atoms with Crippen molar-refractivity contribution >= 4 is 0 Å². The first-order valence-corrected chi connectivity index (χ1v) is 6.51. The van der Waals surface area contributed by atoms with Gasteiger partial charge in [-0.15, -0.1) is 0 Å². The molecule has 1 fully saturated rings. The molecular weight excluding hydrogens is 212 g/mol. The Hall–Kier alpha value is -0.830. The summed E-state index contributed by atoms with van der Waals surface area (Å²) < 4.78 is 1.80. The van der Waals surface area contributed by atoms with Gasteiger partial charge in [-0.3, -0.25) is 4.68 Å². The highest BCUT2D eigenvalue weighted by Crippen LogP contribution is 2.45. The maximum atomic E-state index is 10.8. The molecule has 1 aromatic rings. The maximum absolute atomic E-state index is 10.8. The third kappa shape index (κ3) is 2.71. The van der Waals surface area contributed by atoms with E-state index < -0.39 is 5.60 Å². The highest BCUT2D eigenvalue weighted by Gasteiger charge is 2.42. The van der Waals surface area contributed by atoms with E-state index in [9.17, 15) is 5.11 Å². The highest BCUT2D eigenvalue weighted by molar-refractivity contribution is 5.10. The molecule has 1 aliphatic carbocycles. The molecule has 0 aromatic carbocycles. The van der Waals surface area contributed by atoms with Crippen molar-refractivity contribution in [3.63, 3.8) is 0 Å². The van der Waals surface area contributed by atoms with Crippen molar-refractivity contribution in [3.05, 3.63) is 18.0 Å². The maximum Gasteiger partial charge on any atom is 0.0714 e. The zero-order chi connectivity index (χ0) is 12.7. The van der Waals surface area contributed by atoms with Crippen LogP contribution < -0.4 is 0 Å². The second kappa shape index (κ2) is 4.13. The van der Waals surface area contributed by atoms with Crippen LogP contribution in [0, 0.1) is 11.3 Å². The van der Waals surface area contributed by atoms with Gasteiger partial charge >= 0.3 is 0 Å². The van der Waals surface area contributed by atoms with Crippen molar-refractivity contribution in [3.8, 4) is 0 Å². The minimum atomic E-state index is -0.543. The molecule has 0 bridgehead atoms. The topological polar surface area (TPSA) is 38.1 Å². The van der Waals surface area contributed by atoms with Gasteiger partial charge in [0.2, 0.25) is 0 Å². The van der Waals surface area contributed by atoms with Gasteiger partial charge in [-0.2, -0.15) is 5.10 Å². The van der Waals surface area contributed by atoms with Gasteiger partial charge in [0.1, 0.15) is 0 Å². The lowest BCUT2D eigenvalue weighted by atomic mass is 9.64. The molecule has 0 spiro atoms. The number of aryl methyl sites for hydroxylation is 1. The Kier molecular flexibility index (Phi) is 3.06. The molecule has 0 saturated heterocycles. The SMILES string of the molecule is CC1CC(C)(C)CCC1(O)Cc1cnn(C)c1. The predicted octanol–water partition coefficient (Wildman–Crippen LogP) is 2.54. The first kappa shape index (κ1) is 12.6. The number of aliphatic hydroxyl groups is 1. The lowest BCUT2D eigenvalue weighted by Gasteiger charge is -2.45. The molecule has 2 atom stereocenters. The molecule has 3 heteroatoms. The summed E-state index contributed by atoms with van der Waals surface area (Å²) in [7, 11) is 1.92. The minimum absolute atomic E-state index is 0.353. The van der Waals surface area contributed by atoms with Crippen LogP contribution in [0.1, 0.15) is 45.6 Å². The number of hydrogen-bond acceptors (Lipinski definition) is 2. The number of rotatable bonds is 2. The summed E-state index contributed by atoms with van der Waals surface area (Å²) in [6.45, 7) is 6.78. The molecule has 0 amide bonds. The van der Waals surface area contributed by atoms with Crippen molar-refractivity contribution in [2.45, 2.75) is 52.1 Å². The number of hydrogen-bond donors (Lipinski definition) is 1. The molecule has 2 rings (SSSR count). The fourth-order valence-electron chi connectivity index (χ4n) is 3.10. The van der Waals surface area contributed by atoms with Crippen molar-refractivity contribution < 1.29 is 5.11 Å². The van der Waals surface area contributed by atoms with Crippen LogP contribution in [0.15, 0.2) is 12.4 Å². The van der Waals surface area contributed by atoms with Crippen LogP contribution in [0.4, 0.5) is 0 Å². The standard InChI is InChI=1S/C14H24N2O/c1-11-7-13(2,3)5-6-14(11,17)8-12-9-15-16(4)10-12/h9-11,17H,5-8H2,1-4H3. The van der Waals surface area contributed by atoms with Crippen LogP contribution in [-0.2, 0) is 13.5 Å². The Morgan fingerprint density at radius 1 is 1.47 bits per heavy atom. The Bertz CT molecular complexity index is 397. The van der Waals surface area contributed by atoms with Crippen LogP contribution in [0.3, 0.4) is 0 Å². The Morgan fingerprint density at radius 3 is 2.71 bits per heavy atom. The first-order chi connectivity index (χ1) is 7.81. The van der Waals surface area contributed by atoms with E-state index in [-0.39, 0.29) is 0 Å². The lowest BCUT2D eigenvalue weighted by Crippen LogP contribution is -2.45. The van der Waals surface area contributed by atoms with Crippen LogP contribution in [0.5, 0.6) is 0 Å². The number of aromatic nitrogens is 2. The van der Waals surface area contributed by atoms with Gasteiger partial charge < -0.3 is 5.11 Å². The number of nitrogens with zero attached hydrogens (tertiary/aromatic N) is 2. The summed E-state index contributed by atoms with van der Waals surface area (Å²) >= 11 is 0. The molecule has 96 valence electrons. The Labute approximate surface area is 104 Å². The third-order valence-electron chi connectivity index (χ3n) is 4.28. The Morgan fingerprint density at radius 2 is 2.18 bits per heavy atom. The molecule has 2 unspecified atom stereocenters. The van der Waals surface area contributed by atoms with Gasteiger partial charge in [0.25, 0.3) is 0 Å². The first-order valence-electron chi connectivity index (χ1n) is 6.51. The van der Waals surface area contributed by atoms with Gasteiger partial charge in [-0.05, 0) is 36.2 Å². The van der Waals surface area contributed by atoms with E-state index in [0.717, 1.165) is 31.2 Å². The monoisotopic (exact) mass is 236 g/mol. The highest BCUT2D eigenvalue weighted by atomic mass is 16.3. The quantitative estimate of drug-likeness (QED) is 0.857. The zero-order valence-electron chi connectivity index (χ0n) is 11.4. The molecule has 1 aromatic heterocycles. The third-order valence-corrected chi connectivity index (χ3v) is 4.28.